The van der Waals surface area contributed by atoms with Gasteiger partial charge in [-0.15, -0.1) is 11.3 Å². The number of halogens is 1. The van der Waals surface area contributed by atoms with Gasteiger partial charge in [0.25, 0.3) is 0 Å². The van der Waals surface area contributed by atoms with Crippen LogP contribution in [0.1, 0.15) is 11.3 Å². The number of aryl methyl sites for hydroxylation is 1. The van der Waals surface area contributed by atoms with Crippen molar-refractivity contribution < 1.29 is 9.90 Å². The monoisotopic (exact) mass is 267 g/mol. The van der Waals surface area contributed by atoms with E-state index in [0.717, 1.165) is 16.1 Å². The SMILES string of the molecule is Cc1cc(Cl)cc(-c2nc(CC(=O)O)cs2)c1. The minimum atomic E-state index is -0.871. The van der Waals surface area contributed by atoms with E-state index in [1.807, 2.05) is 25.1 Å². The third-order valence-electron chi connectivity index (χ3n) is 2.17. The van der Waals surface area contributed by atoms with Crippen molar-refractivity contribution in [3.05, 3.63) is 39.9 Å². The fraction of sp³-hybridized carbons (Fsp3) is 0.167. The lowest BCUT2D eigenvalue weighted by molar-refractivity contribution is -0.136. The van der Waals surface area contributed by atoms with Crippen LogP contribution < -0.4 is 0 Å². The average Bonchev–Trinajstić information content (AvgIpc) is 2.63. The predicted octanol–water partition coefficient (Wildman–Crippen LogP) is 3.40. The number of carboxylic acids is 1. The molecule has 3 nitrogen and oxygen atoms in total. The van der Waals surface area contributed by atoms with Gasteiger partial charge in [-0.25, -0.2) is 4.98 Å². The van der Waals surface area contributed by atoms with Crippen LogP contribution in [-0.4, -0.2) is 16.1 Å². The zero-order valence-electron chi connectivity index (χ0n) is 9.11. The van der Waals surface area contributed by atoms with Gasteiger partial charge < -0.3 is 5.11 Å². The van der Waals surface area contributed by atoms with Crippen molar-refractivity contribution in [2.45, 2.75) is 13.3 Å². The summed E-state index contributed by atoms with van der Waals surface area (Å²) in [6.07, 6.45) is -0.0456. The Balaban J connectivity index is 2.33. The van der Waals surface area contributed by atoms with Gasteiger partial charge in [0, 0.05) is 16.0 Å². The summed E-state index contributed by atoms with van der Waals surface area (Å²) in [7, 11) is 0. The van der Waals surface area contributed by atoms with Crippen LogP contribution in [0.5, 0.6) is 0 Å². The zero-order chi connectivity index (χ0) is 12.4. The highest BCUT2D eigenvalue weighted by Gasteiger charge is 2.08. The number of carbonyl (C=O) groups is 1. The second kappa shape index (κ2) is 4.85. The molecular formula is C12H10ClNO2S. The van der Waals surface area contributed by atoms with Crippen molar-refractivity contribution >= 4 is 28.9 Å². The summed E-state index contributed by atoms with van der Waals surface area (Å²) in [5.41, 5.74) is 2.56. The number of thiazole rings is 1. The van der Waals surface area contributed by atoms with Crippen LogP contribution in [0.15, 0.2) is 23.6 Å². The molecule has 0 aliphatic heterocycles. The van der Waals surface area contributed by atoms with E-state index in [1.54, 1.807) is 5.38 Å². The van der Waals surface area contributed by atoms with E-state index in [1.165, 1.54) is 11.3 Å². The summed E-state index contributed by atoms with van der Waals surface area (Å²) in [5.74, 6) is -0.871. The normalized spacial score (nSPS) is 10.5. The highest BCUT2D eigenvalue weighted by Crippen LogP contribution is 2.27. The first-order chi connectivity index (χ1) is 8.04. The molecule has 2 rings (SSSR count). The van der Waals surface area contributed by atoms with Crippen LogP contribution in [0, 0.1) is 6.92 Å². The van der Waals surface area contributed by atoms with E-state index in [-0.39, 0.29) is 6.42 Å². The number of rotatable bonds is 3. The van der Waals surface area contributed by atoms with Gasteiger partial charge >= 0.3 is 5.97 Å². The second-order valence-electron chi connectivity index (χ2n) is 3.73. The maximum absolute atomic E-state index is 10.6. The van der Waals surface area contributed by atoms with E-state index < -0.39 is 5.97 Å². The van der Waals surface area contributed by atoms with Crippen molar-refractivity contribution in [3.8, 4) is 10.6 Å². The molecule has 1 N–H and O–H groups in total. The van der Waals surface area contributed by atoms with Crippen LogP contribution in [0.3, 0.4) is 0 Å². The number of aromatic nitrogens is 1. The Morgan fingerprint density at radius 3 is 2.88 bits per heavy atom. The number of hydrogen-bond donors (Lipinski definition) is 1. The van der Waals surface area contributed by atoms with Gasteiger partial charge in [-0.2, -0.15) is 0 Å². The Morgan fingerprint density at radius 2 is 2.24 bits per heavy atom. The zero-order valence-corrected chi connectivity index (χ0v) is 10.7. The summed E-state index contributed by atoms with van der Waals surface area (Å²) >= 11 is 7.40. The number of hydrogen-bond acceptors (Lipinski definition) is 3. The fourth-order valence-electron chi connectivity index (χ4n) is 1.54. The van der Waals surface area contributed by atoms with Gasteiger partial charge in [0.05, 0.1) is 12.1 Å². The Bertz CT molecular complexity index is 545. The predicted molar refractivity (Wildman–Crippen MR) is 68.6 cm³/mol. The summed E-state index contributed by atoms with van der Waals surface area (Å²) in [5, 5.41) is 11.9. The second-order valence-corrected chi connectivity index (χ2v) is 5.03. The van der Waals surface area contributed by atoms with E-state index in [4.69, 9.17) is 16.7 Å². The van der Waals surface area contributed by atoms with Crippen molar-refractivity contribution in [3.63, 3.8) is 0 Å². The van der Waals surface area contributed by atoms with Gasteiger partial charge in [-0.3, -0.25) is 4.79 Å². The Morgan fingerprint density at radius 1 is 1.47 bits per heavy atom. The highest BCUT2D eigenvalue weighted by molar-refractivity contribution is 7.13. The third-order valence-corrected chi connectivity index (χ3v) is 3.33. The molecule has 0 spiro atoms. The maximum atomic E-state index is 10.6. The van der Waals surface area contributed by atoms with E-state index in [2.05, 4.69) is 4.98 Å². The van der Waals surface area contributed by atoms with Crippen LogP contribution in [0.25, 0.3) is 10.6 Å². The van der Waals surface area contributed by atoms with Crippen LogP contribution in [0.2, 0.25) is 5.02 Å². The van der Waals surface area contributed by atoms with E-state index in [0.29, 0.717) is 10.7 Å². The van der Waals surface area contributed by atoms with Crippen molar-refractivity contribution in [2.75, 3.05) is 0 Å². The molecule has 5 heteroatoms. The minimum absolute atomic E-state index is 0.0456. The molecule has 1 aromatic heterocycles. The summed E-state index contributed by atoms with van der Waals surface area (Å²) < 4.78 is 0. The minimum Gasteiger partial charge on any atom is -0.481 e. The van der Waals surface area contributed by atoms with E-state index >= 15 is 0 Å². The molecule has 0 saturated heterocycles. The largest absolute Gasteiger partial charge is 0.481 e. The molecule has 0 radical (unpaired) electrons. The number of carboxylic acid groups (broad SMARTS) is 1. The highest BCUT2D eigenvalue weighted by atomic mass is 35.5. The third kappa shape index (κ3) is 3.05. The summed E-state index contributed by atoms with van der Waals surface area (Å²) in [6, 6.07) is 5.68. The molecule has 0 bridgehead atoms. The Kier molecular flexibility index (Phi) is 3.45. The van der Waals surface area contributed by atoms with Crippen molar-refractivity contribution in [2.24, 2.45) is 0 Å². The first-order valence-corrected chi connectivity index (χ1v) is 6.24. The number of nitrogens with zero attached hydrogens (tertiary/aromatic N) is 1. The van der Waals surface area contributed by atoms with Gasteiger partial charge in [-0.1, -0.05) is 11.6 Å². The first kappa shape index (κ1) is 12.1. The Hall–Kier alpha value is -1.39. The van der Waals surface area contributed by atoms with Crippen LogP contribution in [-0.2, 0) is 11.2 Å². The molecule has 88 valence electrons. The van der Waals surface area contributed by atoms with Gasteiger partial charge in [0.15, 0.2) is 0 Å². The fourth-order valence-corrected chi connectivity index (χ4v) is 2.63. The smallest absolute Gasteiger partial charge is 0.309 e. The Labute approximate surface area is 108 Å². The quantitative estimate of drug-likeness (QED) is 0.927. The van der Waals surface area contributed by atoms with Gasteiger partial charge in [0.1, 0.15) is 5.01 Å². The molecular weight excluding hydrogens is 258 g/mol. The molecule has 1 heterocycles. The first-order valence-electron chi connectivity index (χ1n) is 4.98. The maximum Gasteiger partial charge on any atom is 0.309 e. The molecule has 0 aliphatic carbocycles. The van der Waals surface area contributed by atoms with Crippen LogP contribution in [0.4, 0.5) is 0 Å². The van der Waals surface area contributed by atoms with Crippen molar-refractivity contribution in [1.29, 1.82) is 0 Å². The molecule has 2 aromatic rings. The molecule has 1 aromatic carbocycles. The van der Waals surface area contributed by atoms with Crippen molar-refractivity contribution in [1.82, 2.24) is 4.98 Å². The number of benzene rings is 1. The lowest BCUT2D eigenvalue weighted by atomic mass is 10.1. The summed E-state index contributed by atoms with van der Waals surface area (Å²) in [4.78, 5) is 14.8. The topological polar surface area (TPSA) is 50.2 Å². The molecule has 0 fully saturated rings. The lowest BCUT2D eigenvalue weighted by Crippen LogP contribution is -1.99. The number of aliphatic carboxylic acids is 1. The summed E-state index contributed by atoms with van der Waals surface area (Å²) in [6.45, 7) is 1.96. The molecule has 0 saturated carbocycles. The average molecular weight is 268 g/mol. The van der Waals surface area contributed by atoms with Gasteiger partial charge in [0.2, 0.25) is 0 Å². The standard InChI is InChI=1S/C12H10ClNO2S/c1-7-2-8(4-9(13)3-7)12-14-10(6-17-12)5-11(15)16/h2-4,6H,5H2,1H3,(H,15,16). The van der Waals surface area contributed by atoms with Crippen LogP contribution >= 0.6 is 22.9 Å². The molecule has 0 aliphatic rings. The molecule has 17 heavy (non-hydrogen) atoms. The molecule has 0 atom stereocenters. The lowest BCUT2D eigenvalue weighted by Gasteiger charge is -2.00. The molecule has 0 amide bonds. The molecule has 0 unspecified atom stereocenters. The van der Waals surface area contributed by atoms with E-state index in [9.17, 15) is 4.79 Å². The van der Waals surface area contributed by atoms with Gasteiger partial charge in [-0.05, 0) is 30.7 Å².